The molecule has 0 aromatic heterocycles. The van der Waals surface area contributed by atoms with E-state index in [-0.39, 0.29) is 12.3 Å². The van der Waals surface area contributed by atoms with Crippen LogP contribution in [0.2, 0.25) is 0 Å². The number of hydrogen-bond acceptors (Lipinski definition) is 4. The summed E-state index contributed by atoms with van der Waals surface area (Å²) in [4.78, 5) is 23.6. The second-order valence-corrected chi connectivity index (χ2v) is 5.47. The average molecular weight is 343 g/mol. The summed E-state index contributed by atoms with van der Waals surface area (Å²) in [5.74, 6) is -0.148. The zero-order chi connectivity index (χ0) is 18.2. The minimum absolute atomic E-state index is 0.160. The first-order chi connectivity index (χ1) is 12.0. The zero-order valence-electron chi connectivity index (χ0n) is 14.2. The largest absolute Gasteiger partial charge is 0.497 e. The van der Waals surface area contributed by atoms with Gasteiger partial charge in [-0.25, -0.2) is 4.79 Å². The molecule has 0 saturated carbocycles. The first-order valence-corrected chi connectivity index (χ1v) is 7.82. The van der Waals surface area contributed by atoms with Crippen molar-refractivity contribution >= 4 is 11.9 Å². The number of rotatable bonds is 8. The Labute approximate surface area is 146 Å². The third kappa shape index (κ3) is 5.24. The second kappa shape index (κ2) is 8.73. The van der Waals surface area contributed by atoms with Crippen molar-refractivity contribution in [2.24, 2.45) is 0 Å². The fourth-order valence-corrected chi connectivity index (χ4v) is 2.43. The lowest BCUT2D eigenvalue weighted by Gasteiger charge is -2.15. The van der Waals surface area contributed by atoms with Crippen LogP contribution < -0.4 is 14.8 Å². The van der Waals surface area contributed by atoms with Crippen molar-refractivity contribution in [2.45, 2.75) is 18.9 Å². The van der Waals surface area contributed by atoms with E-state index in [0.717, 1.165) is 5.56 Å². The van der Waals surface area contributed by atoms with Gasteiger partial charge in [0, 0.05) is 12.5 Å². The highest BCUT2D eigenvalue weighted by molar-refractivity contribution is 5.84. The number of hydrogen-bond donors (Lipinski definition) is 2. The summed E-state index contributed by atoms with van der Waals surface area (Å²) in [6.07, 6.45) is 0.605. The number of methoxy groups -OCH3 is 2. The molecule has 6 nitrogen and oxygen atoms in total. The lowest BCUT2D eigenvalue weighted by molar-refractivity contribution is -0.142. The van der Waals surface area contributed by atoms with Gasteiger partial charge in [-0.1, -0.05) is 30.3 Å². The number of aryl methyl sites for hydroxylation is 1. The molecule has 2 aromatic rings. The predicted molar refractivity (Wildman–Crippen MR) is 92.8 cm³/mol. The second-order valence-electron chi connectivity index (χ2n) is 5.47. The summed E-state index contributed by atoms with van der Waals surface area (Å²) in [6.45, 7) is 0. The molecule has 1 unspecified atom stereocenters. The summed E-state index contributed by atoms with van der Waals surface area (Å²) < 4.78 is 10.4. The maximum Gasteiger partial charge on any atom is 0.330 e. The Morgan fingerprint density at radius 1 is 1.04 bits per heavy atom. The molecule has 25 heavy (non-hydrogen) atoms. The van der Waals surface area contributed by atoms with E-state index in [1.165, 1.54) is 0 Å². The van der Waals surface area contributed by atoms with Gasteiger partial charge in [-0.05, 0) is 29.7 Å². The Morgan fingerprint density at radius 2 is 1.64 bits per heavy atom. The van der Waals surface area contributed by atoms with Crippen LogP contribution in [-0.2, 0) is 16.0 Å². The Kier molecular flexibility index (Phi) is 6.39. The quantitative estimate of drug-likeness (QED) is 0.769. The van der Waals surface area contributed by atoms with Crippen LogP contribution in [0.3, 0.4) is 0 Å². The third-order valence-electron chi connectivity index (χ3n) is 3.74. The maximum absolute atomic E-state index is 12.2. The van der Waals surface area contributed by atoms with Crippen molar-refractivity contribution in [3.05, 3.63) is 59.7 Å². The number of ether oxygens (including phenoxy) is 2. The number of carbonyl (C=O) groups excluding carboxylic acids is 1. The van der Waals surface area contributed by atoms with Crippen LogP contribution in [0.25, 0.3) is 0 Å². The number of benzene rings is 2. The topological polar surface area (TPSA) is 84.9 Å². The predicted octanol–water partition coefficient (Wildman–Crippen LogP) is 2.58. The van der Waals surface area contributed by atoms with Crippen LogP contribution in [0.4, 0.5) is 0 Å². The highest BCUT2D eigenvalue weighted by atomic mass is 16.5. The molecule has 0 aliphatic rings. The van der Waals surface area contributed by atoms with Crippen LogP contribution in [0, 0.1) is 0 Å². The monoisotopic (exact) mass is 343 g/mol. The molecule has 0 spiro atoms. The third-order valence-corrected chi connectivity index (χ3v) is 3.74. The molecule has 0 aliphatic carbocycles. The minimum atomic E-state index is -1.09. The van der Waals surface area contributed by atoms with Crippen molar-refractivity contribution in [3.8, 4) is 11.5 Å². The molecule has 132 valence electrons. The minimum Gasteiger partial charge on any atom is -0.497 e. The van der Waals surface area contributed by atoms with E-state index in [4.69, 9.17) is 9.47 Å². The number of amides is 1. The molecule has 0 bridgehead atoms. The van der Waals surface area contributed by atoms with Gasteiger partial charge in [0.1, 0.15) is 11.5 Å². The van der Waals surface area contributed by atoms with E-state index in [0.29, 0.717) is 23.5 Å². The van der Waals surface area contributed by atoms with Gasteiger partial charge in [0.15, 0.2) is 6.04 Å². The zero-order valence-corrected chi connectivity index (χ0v) is 14.2. The highest BCUT2D eigenvalue weighted by Gasteiger charge is 2.21. The highest BCUT2D eigenvalue weighted by Crippen LogP contribution is 2.23. The van der Waals surface area contributed by atoms with E-state index in [1.807, 2.05) is 12.1 Å². The Balaban J connectivity index is 2.01. The van der Waals surface area contributed by atoms with Crippen molar-refractivity contribution in [1.29, 1.82) is 0 Å². The normalized spacial score (nSPS) is 11.4. The van der Waals surface area contributed by atoms with E-state index in [1.54, 1.807) is 50.6 Å². The molecule has 0 saturated heterocycles. The number of aliphatic carboxylic acids is 1. The van der Waals surface area contributed by atoms with Crippen LogP contribution in [-0.4, -0.2) is 31.2 Å². The molecule has 1 amide bonds. The molecule has 0 fully saturated rings. The van der Waals surface area contributed by atoms with Gasteiger partial charge in [-0.15, -0.1) is 0 Å². The number of carbonyl (C=O) groups is 2. The Morgan fingerprint density at radius 3 is 2.16 bits per heavy atom. The van der Waals surface area contributed by atoms with E-state index >= 15 is 0 Å². The van der Waals surface area contributed by atoms with Crippen molar-refractivity contribution in [3.63, 3.8) is 0 Å². The summed E-state index contributed by atoms with van der Waals surface area (Å²) in [5.41, 5.74) is 1.41. The SMILES string of the molecule is COc1cc(CCC(=O)NC(C(=O)O)c2ccccc2)cc(OC)c1. The molecule has 2 aromatic carbocycles. The van der Waals surface area contributed by atoms with Gasteiger partial charge in [0.25, 0.3) is 0 Å². The molecule has 0 radical (unpaired) electrons. The number of carboxylic acids is 1. The van der Waals surface area contributed by atoms with Crippen LogP contribution in [0.1, 0.15) is 23.6 Å². The summed E-state index contributed by atoms with van der Waals surface area (Å²) in [5, 5.41) is 11.9. The standard InChI is InChI=1S/C19H21NO5/c1-24-15-10-13(11-16(12-15)25-2)8-9-17(21)20-18(19(22)23)14-6-4-3-5-7-14/h3-7,10-12,18H,8-9H2,1-2H3,(H,20,21)(H,22,23). The number of carboxylic acid groups (broad SMARTS) is 1. The molecule has 6 heteroatoms. The summed E-state index contributed by atoms with van der Waals surface area (Å²) >= 11 is 0. The van der Waals surface area contributed by atoms with Crippen molar-refractivity contribution in [1.82, 2.24) is 5.32 Å². The Hall–Kier alpha value is -3.02. The van der Waals surface area contributed by atoms with Crippen LogP contribution in [0.15, 0.2) is 48.5 Å². The lowest BCUT2D eigenvalue weighted by atomic mass is 10.1. The molecular formula is C19H21NO5. The fourth-order valence-electron chi connectivity index (χ4n) is 2.43. The number of nitrogens with one attached hydrogen (secondary N) is 1. The van der Waals surface area contributed by atoms with Crippen LogP contribution in [0.5, 0.6) is 11.5 Å². The molecule has 1 atom stereocenters. The molecule has 2 rings (SSSR count). The molecule has 2 N–H and O–H groups in total. The molecular weight excluding hydrogens is 322 g/mol. The van der Waals surface area contributed by atoms with E-state index < -0.39 is 12.0 Å². The van der Waals surface area contributed by atoms with Crippen molar-refractivity contribution < 1.29 is 24.2 Å². The first-order valence-electron chi connectivity index (χ1n) is 7.82. The first kappa shape index (κ1) is 18.3. The fraction of sp³-hybridized carbons (Fsp3) is 0.263. The van der Waals surface area contributed by atoms with E-state index in [2.05, 4.69) is 5.32 Å². The van der Waals surface area contributed by atoms with Crippen LogP contribution >= 0.6 is 0 Å². The van der Waals surface area contributed by atoms with Gasteiger partial charge >= 0.3 is 5.97 Å². The van der Waals surface area contributed by atoms with Gasteiger partial charge in [-0.2, -0.15) is 0 Å². The molecule has 0 heterocycles. The van der Waals surface area contributed by atoms with Gasteiger partial charge < -0.3 is 19.9 Å². The summed E-state index contributed by atoms with van der Waals surface area (Å²) in [7, 11) is 3.12. The lowest BCUT2D eigenvalue weighted by Crippen LogP contribution is -2.33. The van der Waals surface area contributed by atoms with E-state index in [9.17, 15) is 14.7 Å². The van der Waals surface area contributed by atoms with Crippen molar-refractivity contribution in [2.75, 3.05) is 14.2 Å². The Bertz CT molecular complexity index is 708. The van der Waals surface area contributed by atoms with Gasteiger partial charge in [0.2, 0.25) is 5.91 Å². The van der Waals surface area contributed by atoms with Gasteiger partial charge in [0.05, 0.1) is 14.2 Å². The van der Waals surface area contributed by atoms with Gasteiger partial charge in [-0.3, -0.25) is 4.79 Å². The average Bonchev–Trinajstić information content (AvgIpc) is 2.64. The maximum atomic E-state index is 12.2. The smallest absolute Gasteiger partial charge is 0.330 e. The molecule has 0 aliphatic heterocycles. The summed E-state index contributed by atoms with van der Waals surface area (Å²) in [6, 6.07) is 12.9.